The number of rotatable bonds is 6. The number of hydrogen-bond donors (Lipinski definition) is 1. The Morgan fingerprint density at radius 1 is 1.38 bits per heavy atom. The normalized spacial score (nSPS) is 14.8. The van der Waals surface area contributed by atoms with Crippen molar-refractivity contribution in [2.75, 3.05) is 7.11 Å². The van der Waals surface area contributed by atoms with Gasteiger partial charge in [0.2, 0.25) is 0 Å². The van der Waals surface area contributed by atoms with Crippen LogP contribution in [0, 0.1) is 0 Å². The second kappa shape index (κ2) is 7.05. The van der Waals surface area contributed by atoms with Crippen LogP contribution in [0.25, 0.3) is 0 Å². The third-order valence-electron chi connectivity index (χ3n) is 2.69. The molecule has 16 heavy (non-hydrogen) atoms. The largest absolute Gasteiger partial charge is 0.390 e. The van der Waals surface area contributed by atoms with Crippen LogP contribution in [-0.4, -0.2) is 24.4 Å². The average Bonchev–Trinajstić information content (AvgIpc) is 2.29. The standard InChI is InChI=1S/C13H19BrO2/c1-3-6-13(16-2)12(15)9-10-7-4-5-8-11(10)14/h4-5,7-8,12-13,15H,3,6,9H2,1-2H3. The molecule has 1 aromatic carbocycles. The van der Waals surface area contributed by atoms with Crippen molar-refractivity contribution in [2.24, 2.45) is 0 Å². The van der Waals surface area contributed by atoms with Gasteiger partial charge in [0.15, 0.2) is 0 Å². The van der Waals surface area contributed by atoms with E-state index in [0.717, 1.165) is 22.9 Å². The first-order chi connectivity index (χ1) is 7.69. The monoisotopic (exact) mass is 286 g/mol. The van der Waals surface area contributed by atoms with E-state index in [1.165, 1.54) is 0 Å². The Kier molecular flexibility index (Phi) is 6.03. The quantitative estimate of drug-likeness (QED) is 0.871. The summed E-state index contributed by atoms with van der Waals surface area (Å²) in [4.78, 5) is 0. The lowest BCUT2D eigenvalue weighted by atomic mass is 10.0. The van der Waals surface area contributed by atoms with Crippen molar-refractivity contribution in [1.82, 2.24) is 0 Å². The molecule has 0 aromatic heterocycles. The molecule has 1 N–H and O–H groups in total. The number of aliphatic hydroxyl groups excluding tert-OH is 1. The van der Waals surface area contributed by atoms with Gasteiger partial charge in [0.1, 0.15) is 0 Å². The summed E-state index contributed by atoms with van der Waals surface area (Å²) in [5, 5.41) is 10.1. The Balaban J connectivity index is 2.62. The number of ether oxygens (including phenoxy) is 1. The summed E-state index contributed by atoms with van der Waals surface area (Å²) in [6.45, 7) is 2.09. The predicted molar refractivity (Wildman–Crippen MR) is 69.6 cm³/mol. The highest BCUT2D eigenvalue weighted by atomic mass is 79.9. The first-order valence-corrected chi connectivity index (χ1v) is 6.42. The first kappa shape index (κ1) is 13.7. The lowest BCUT2D eigenvalue weighted by Crippen LogP contribution is -2.29. The number of aliphatic hydroxyl groups is 1. The van der Waals surface area contributed by atoms with E-state index in [2.05, 4.69) is 22.9 Å². The summed E-state index contributed by atoms with van der Waals surface area (Å²) in [6, 6.07) is 7.96. The van der Waals surface area contributed by atoms with Crippen LogP contribution in [0.4, 0.5) is 0 Å². The second-order valence-electron chi connectivity index (χ2n) is 3.93. The molecule has 90 valence electrons. The van der Waals surface area contributed by atoms with Gasteiger partial charge in [0, 0.05) is 18.0 Å². The fourth-order valence-electron chi connectivity index (χ4n) is 1.77. The molecule has 0 fully saturated rings. The third kappa shape index (κ3) is 3.89. The predicted octanol–water partition coefficient (Wildman–Crippen LogP) is 3.17. The topological polar surface area (TPSA) is 29.5 Å². The molecule has 0 aliphatic rings. The zero-order valence-electron chi connectivity index (χ0n) is 9.82. The summed E-state index contributed by atoms with van der Waals surface area (Å²) >= 11 is 3.48. The molecular weight excluding hydrogens is 268 g/mol. The minimum Gasteiger partial charge on any atom is -0.390 e. The minimum atomic E-state index is -0.441. The highest BCUT2D eigenvalue weighted by molar-refractivity contribution is 9.10. The number of benzene rings is 1. The molecule has 0 aliphatic heterocycles. The molecule has 2 unspecified atom stereocenters. The van der Waals surface area contributed by atoms with Crippen LogP contribution >= 0.6 is 15.9 Å². The van der Waals surface area contributed by atoms with Crippen molar-refractivity contribution in [1.29, 1.82) is 0 Å². The van der Waals surface area contributed by atoms with Gasteiger partial charge in [-0.3, -0.25) is 0 Å². The van der Waals surface area contributed by atoms with Gasteiger partial charge in [-0.1, -0.05) is 47.5 Å². The SMILES string of the molecule is CCCC(OC)C(O)Cc1ccccc1Br. The Hall–Kier alpha value is -0.380. The summed E-state index contributed by atoms with van der Waals surface area (Å²) in [6.07, 6.45) is 2.02. The van der Waals surface area contributed by atoms with Crippen LogP contribution in [0.15, 0.2) is 28.7 Å². The van der Waals surface area contributed by atoms with Crippen LogP contribution < -0.4 is 0 Å². The number of methoxy groups -OCH3 is 1. The molecule has 2 atom stereocenters. The van der Waals surface area contributed by atoms with E-state index >= 15 is 0 Å². The fourth-order valence-corrected chi connectivity index (χ4v) is 2.22. The minimum absolute atomic E-state index is 0.0721. The first-order valence-electron chi connectivity index (χ1n) is 5.63. The third-order valence-corrected chi connectivity index (χ3v) is 3.47. The van der Waals surface area contributed by atoms with Crippen molar-refractivity contribution in [3.63, 3.8) is 0 Å². The molecule has 0 bridgehead atoms. The van der Waals surface area contributed by atoms with E-state index in [1.54, 1.807) is 7.11 Å². The zero-order chi connectivity index (χ0) is 12.0. The molecule has 1 rings (SSSR count). The lowest BCUT2D eigenvalue weighted by molar-refractivity contribution is -0.0160. The Morgan fingerprint density at radius 2 is 2.06 bits per heavy atom. The van der Waals surface area contributed by atoms with E-state index in [-0.39, 0.29) is 6.10 Å². The molecule has 0 amide bonds. The van der Waals surface area contributed by atoms with Gasteiger partial charge in [-0.05, 0) is 18.1 Å². The maximum atomic E-state index is 10.1. The fraction of sp³-hybridized carbons (Fsp3) is 0.538. The summed E-state index contributed by atoms with van der Waals surface area (Å²) in [5.41, 5.74) is 1.12. The lowest BCUT2D eigenvalue weighted by Gasteiger charge is -2.21. The summed E-state index contributed by atoms with van der Waals surface area (Å²) < 4.78 is 6.34. The zero-order valence-corrected chi connectivity index (χ0v) is 11.4. The van der Waals surface area contributed by atoms with Crippen molar-refractivity contribution in [3.05, 3.63) is 34.3 Å². The van der Waals surface area contributed by atoms with E-state index in [0.29, 0.717) is 6.42 Å². The smallest absolute Gasteiger partial charge is 0.0842 e. The Bertz CT molecular complexity index is 315. The van der Waals surface area contributed by atoms with Crippen molar-refractivity contribution < 1.29 is 9.84 Å². The number of halogens is 1. The maximum absolute atomic E-state index is 10.1. The molecular formula is C13H19BrO2. The van der Waals surface area contributed by atoms with Crippen LogP contribution in [0.5, 0.6) is 0 Å². The van der Waals surface area contributed by atoms with Gasteiger partial charge in [-0.15, -0.1) is 0 Å². The Morgan fingerprint density at radius 3 is 2.62 bits per heavy atom. The van der Waals surface area contributed by atoms with E-state index in [1.807, 2.05) is 24.3 Å². The van der Waals surface area contributed by atoms with Gasteiger partial charge < -0.3 is 9.84 Å². The van der Waals surface area contributed by atoms with Crippen LogP contribution in [-0.2, 0) is 11.2 Å². The molecule has 0 radical (unpaired) electrons. The highest BCUT2D eigenvalue weighted by Gasteiger charge is 2.18. The molecule has 3 heteroatoms. The van der Waals surface area contributed by atoms with Gasteiger partial charge >= 0.3 is 0 Å². The van der Waals surface area contributed by atoms with Crippen molar-refractivity contribution in [2.45, 2.75) is 38.4 Å². The molecule has 0 spiro atoms. The van der Waals surface area contributed by atoms with Gasteiger partial charge in [-0.2, -0.15) is 0 Å². The molecule has 2 nitrogen and oxygen atoms in total. The van der Waals surface area contributed by atoms with Gasteiger partial charge in [-0.25, -0.2) is 0 Å². The summed E-state index contributed by atoms with van der Waals surface area (Å²) in [7, 11) is 1.66. The Labute approximate surface area is 106 Å². The van der Waals surface area contributed by atoms with Crippen molar-refractivity contribution in [3.8, 4) is 0 Å². The molecule has 0 saturated carbocycles. The molecule has 1 aromatic rings. The number of hydrogen-bond acceptors (Lipinski definition) is 2. The second-order valence-corrected chi connectivity index (χ2v) is 4.78. The van der Waals surface area contributed by atoms with E-state index in [4.69, 9.17) is 4.74 Å². The molecule has 0 saturated heterocycles. The average molecular weight is 287 g/mol. The van der Waals surface area contributed by atoms with Gasteiger partial charge in [0.25, 0.3) is 0 Å². The van der Waals surface area contributed by atoms with Gasteiger partial charge in [0.05, 0.1) is 12.2 Å². The summed E-state index contributed by atoms with van der Waals surface area (Å²) in [5.74, 6) is 0. The van der Waals surface area contributed by atoms with Crippen LogP contribution in [0.3, 0.4) is 0 Å². The molecule has 0 aliphatic carbocycles. The van der Waals surface area contributed by atoms with Crippen LogP contribution in [0.1, 0.15) is 25.3 Å². The highest BCUT2D eigenvalue weighted by Crippen LogP contribution is 2.19. The van der Waals surface area contributed by atoms with E-state index < -0.39 is 6.10 Å². The van der Waals surface area contributed by atoms with E-state index in [9.17, 15) is 5.11 Å². The van der Waals surface area contributed by atoms with Crippen LogP contribution in [0.2, 0.25) is 0 Å². The maximum Gasteiger partial charge on any atom is 0.0842 e. The molecule has 0 heterocycles. The van der Waals surface area contributed by atoms with Crippen molar-refractivity contribution >= 4 is 15.9 Å².